The minimum Gasteiger partial charge on any atom is -0.394 e. The zero-order valence-electron chi connectivity index (χ0n) is 28.6. The van der Waals surface area contributed by atoms with Crippen LogP contribution in [0.4, 0.5) is 0 Å². The second-order valence-corrected chi connectivity index (χ2v) is 12.3. The molecule has 1 aliphatic rings. The molecule has 7 unspecified atom stereocenters. The maximum atomic E-state index is 12.8. The van der Waals surface area contributed by atoms with Crippen molar-refractivity contribution in [3.05, 3.63) is 48.6 Å². The van der Waals surface area contributed by atoms with Crippen LogP contribution in [0.2, 0.25) is 0 Å². The lowest BCUT2D eigenvalue weighted by Gasteiger charge is -2.40. The maximum absolute atomic E-state index is 12.8. The SMILES string of the molecule is CCC/C=C\CCCCCCCC(=O)NC(COC1OC(CO)C(O)C(O)C1O)C(O)/C=C/CC/C=C/CC/C=C/CCCCC. The number of carbonyl (C=O) groups is 1. The molecule has 6 N–H and O–H groups in total. The molecule has 1 fully saturated rings. The van der Waals surface area contributed by atoms with Crippen LogP contribution >= 0.6 is 0 Å². The van der Waals surface area contributed by atoms with Gasteiger partial charge in [-0.25, -0.2) is 0 Å². The van der Waals surface area contributed by atoms with Crippen molar-refractivity contribution in [2.75, 3.05) is 13.2 Å². The third kappa shape index (κ3) is 19.7. The minimum atomic E-state index is -1.57. The number of allylic oxidation sites excluding steroid dienone is 7. The predicted molar refractivity (Wildman–Crippen MR) is 184 cm³/mol. The van der Waals surface area contributed by atoms with E-state index in [9.17, 15) is 30.3 Å². The molecule has 1 saturated heterocycles. The Balaban J connectivity index is 2.56. The van der Waals surface area contributed by atoms with E-state index in [4.69, 9.17) is 9.47 Å². The highest BCUT2D eigenvalue weighted by Crippen LogP contribution is 2.22. The lowest BCUT2D eigenvalue weighted by molar-refractivity contribution is -0.302. The smallest absolute Gasteiger partial charge is 0.220 e. The van der Waals surface area contributed by atoms with Gasteiger partial charge in [-0.3, -0.25) is 4.79 Å². The predicted octanol–water partition coefficient (Wildman–Crippen LogP) is 5.54. The van der Waals surface area contributed by atoms with Crippen LogP contribution < -0.4 is 5.32 Å². The van der Waals surface area contributed by atoms with Crippen molar-refractivity contribution in [3.63, 3.8) is 0 Å². The van der Waals surface area contributed by atoms with Crippen LogP contribution in [0.3, 0.4) is 0 Å². The summed E-state index contributed by atoms with van der Waals surface area (Å²) < 4.78 is 11.1. The number of amides is 1. The molecule has 0 bridgehead atoms. The molecular formula is C37H65NO8. The Morgan fingerprint density at radius 2 is 1.28 bits per heavy atom. The molecule has 1 heterocycles. The van der Waals surface area contributed by atoms with Gasteiger partial charge < -0.3 is 40.3 Å². The van der Waals surface area contributed by atoms with Gasteiger partial charge in [-0.2, -0.15) is 0 Å². The standard InChI is InChI=1S/C37H65NO8/c1-3-5-7-9-11-13-15-16-17-18-20-22-24-26-31(40)30(29-45-37-36(44)35(43)34(42)32(28-39)46-37)38-33(41)27-25-23-21-19-14-12-10-8-6-4-2/h8,10-11,13,17-18,24,26,30-32,34-37,39-40,42-44H,3-7,9,12,14-16,19-23,25,27-29H2,1-2H3,(H,38,41)/b10-8-,13-11+,18-17+,26-24+. The first-order valence-electron chi connectivity index (χ1n) is 17.9. The van der Waals surface area contributed by atoms with Crippen LogP contribution in [-0.4, -0.2) is 87.5 Å². The summed E-state index contributed by atoms with van der Waals surface area (Å²) in [5.41, 5.74) is 0. The number of unbranched alkanes of at least 4 members (excludes halogenated alkanes) is 11. The summed E-state index contributed by atoms with van der Waals surface area (Å²) in [5, 5.41) is 53.7. The summed E-state index contributed by atoms with van der Waals surface area (Å²) in [6, 6.07) is -0.828. The molecule has 1 rings (SSSR count). The van der Waals surface area contributed by atoms with Gasteiger partial charge in [-0.15, -0.1) is 0 Å². The normalized spacial score (nSPS) is 23.7. The molecule has 0 spiro atoms. The zero-order chi connectivity index (χ0) is 33.8. The molecule has 1 aliphatic heterocycles. The van der Waals surface area contributed by atoms with E-state index >= 15 is 0 Å². The number of carbonyl (C=O) groups excluding carboxylic acids is 1. The van der Waals surface area contributed by atoms with E-state index in [2.05, 4.69) is 55.6 Å². The number of nitrogens with one attached hydrogen (secondary N) is 1. The van der Waals surface area contributed by atoms with Crippen molar-refractivity contribution in [1.82, 2.24) is 5.32 Å². The summed E-state index contributed by atoms with van der Waals surface area (Å²) >= 11 is 0. The Morgan fingerprint density at radius 1 is 0.717 bits per heavy atom. The van der Waals surface area contributed by atoms with Gasteiger partial charge in [-0.05, 0) is 64.2 Å². The summed E-state index contributed by atoms with van der Waals surface area (Å²) in [4.78, 5) is 12.8. The average Bonchev–Trinajstić information content (AvgIpc) is 3.05. The van der Waals surface area contributed by atoms with Crippen molar-refractivity contribution in [1.29, 1.82) is 0 Å². The van der Waals surface area contributed by atoms with Gasteiger partial charge in [-0.1, -0.05) is 101 Å². The molecule has 0 aromatic heterocycles. The number of hydrogen-bond donors (Lipinski definition) is 6. The van der Waals surface area contributed by atoms with Crippen LogP contribution in [0.1, 0.15) is 123 Å². The zero-order valence-corrected chi connectivity index (χ0v) is 28.6. The monoisotopic (exact) mass is 651 g/mol. The van der Waals surface area contributed by atoms with Crippen molar-refractivity contribution in [3.8, 4) is 0 Å². The minimum absolute atomic E-state index is 0.209. The number of hydrogen-bond acceptors (Lipinski definition) is 8. The van der Waals surface area contributed by atoms with E-state index in [1.807, 2.05) is 6.08 Å². The largest absolute Gasteiger partial charge is 0.394 e. The highest BCUT2D eigenvalue weighted by molar-refractivity contribution is 5.76. The van der Waals surface area contributed by atoms with Crippen LogP contribution in [-0.2, 0) is 14.3 Å². The lowest BCUT2D eigenvalue weighted by atomic mass is 9.99. The molecule has 46 heavy (non-hydrogen) atoms. The molecule has 0 saturated carbocycles. The molecule has 9 nitrogen and oxygen atoms in total. The highest BCUT2D eigenvalue weighted by Gasteiger charge is 2.44. The van der Waals surface area contributed by atoms with Gasteiger partial charge in [0.2, 0.25) is 5.91 Å². The summed E-state index contributed by atoms with van der Waals surface area (Å²) in [6.07, 6.45) is 25.9. The molecule has 7 atom stereocenters. The fraction of sp³-hybridized carbons (Fsp3) is 0.757. The molecular weight excluding hydrogens is 586 g/mol. The van der Waals surface area contributed by atoms with E-state index in [1.54, 1.807) is 6.08 Å². The van der Waals surface area contributed by atoms with Crippen LogP contribution in [0, 0.1) is 0 Å². The Bertz CT molecular complexity index is 858. The van der Waals surface area contributed by atoms with Crippen molar-refractivity contribution >= 4 is 5.91 Å². The van der Waals surface area contributed by atoms with E-state index in [-0.39, 0.29) is 12.5 Å². The van der Waals surface area contributed by atoms with Crippen molar-refractivity contribution < 1.29 is 39.8 Å². The average molecular weight is 652 g/mol. The molecule has 9 heteroatoms. The first-order valence-corrected chi connectivity index (χ1v) is 17.9. The Kier molecular flexibility index (Phi) is 25.8. The molecule has 0 aliphatic carbocycles. The molecule has 1 amide bonds. The fourth-order valence-corrected chi connectivity index (χ4v) is 5.13. The van der Waals surface area contributed by atoms with Gasteiger partial charge in [0.05, 0.1) is 25.4 Å². The second kappa shape index (κ2) is 28.2. The Labute approximate surface area is 278 Å². The van der Waals surface area contributed by atoms with Gasteiger partial charge in [0.1, 0.15) is 24.4 Å². The van der Waals surface area contributed by atoms with Crippen molar-refractivity contribution in [2.45, 2.75) is 166 Å². The first-order chi connectivity index (χ1) is 22.3. The number of aliphatic hydroxyl groups is 5. The summed E-state index contributed by atoms with van der Waals surface area (Å²) in [5.74, 6) is -0.209. The molecule has 0 aromatic carbocycles. The van der Waals surface area contributed by atoms with E-state index in [1.165, 1.54) is 25.7 Å². The Morgan fingerprint density at radius 3 is 1.91 bits per heavy atom. The van der Waals surface area contributed by atoms with Gasteiger partial charge in [0.25, 0.3) is 0 Å². The quantitative estimate of drug-likeness (QED) is 0.0501. The topological polar surface area (TPSA) is 149 Å². The Hall–Kier alpha value is -1.85. The van der Waals surface area contributed by atoms with E-state index in [0.29, 0.717) is 6.42 Å². The molecule has 0 aromatic rings. The second-order valence-electron chi connectivity index (χ2n) is 12.3. The number of rotatable bonds is 27. The van der Waals surface area contributed by atoms with Gasteiger partial charge in [0.15, 0.2) is 6.29 Å². The third-order valence-corrected chi connectivity index (χ3v) is 8.08. The maximum Gasteiger partial charge on any atom is 0.220 e. The van der Waals surface area contributed by atoms with Crippen LogP contribution in [0.15, 0.2) is 48.6 Å². The number of aliphatic hydroxyl groups excluding tert-OH is 5. The molecule has 0 radical (unpaired) electrons. The molecule has 266 valence electrons. The fourth-order valence-electron chi connectivity index (χ4n) is 5.13. The van der Waals surface area contributed by atoms with Gasteiger partial charge in [0, 0.05) is 6.42 Å². The van der Waals surface area contributed by atoms with E-state index in [0.717, 1.165) is 77.0 Å². The summed E-state index contributed by atoms with van der Waals surface area (Å²) in [7, 11) is 0. The highest BCUT2D eigenvalue weighted by atomic mass is 16.7. The third-order valence-electron chi connectivity index (χ3n) is 8.08. The van der Waals surface area contributed by atoms with Gasteiger partial charge >= 0.3 is 0 Å². The van der Waals surface area contributed by atoms with Crippen molar-refractivity contribution in [2.24, 2.45) is 0 Å². The first kappa shape index (κ1) is 42.2. The number of ether oxygens (including phenoxy) is 2. The van der Waals surface area contributed by atoms with Crippen LogP contribution in [0.5, 0.6) is 0 Å². The lowest BCUT2D eigenvalue weighted by Crippen LogP contribution is -2.60. The van der Waals surface area contributed by atoms with E-state index < -0.39 is 49.5 Å². The van der Waals surface area contributed by atoms with Crippen LogP contribution in [0.25, 0.3) is 0 Å². The summed E-state index contributed by atoms with van der Waals surface area (Å²) in [6.45, 7) is 3.60.